The van der Waals surface area contributed by atoms with Crippen LogP contribution in [-0.2, 0) is 11.3 Å². The van der Waals surface area contributed by atoms with E-state index in [2.05, 4.69) is 29.7 Å². The summed E-state index contributed by atoms with van der Waals surface area (Å²) in [5, 5.41) is 1.05. The molecule has 3 nitrogen and oxygen atoms in total. The third-order valence-electron chi connectivity index (χ3n) is 7.30. The molecule has 4 bridgehead atoms. The Labute approximate surface area is 162 Å². The molecule has 2 aromatic rings. The van der Waals surface area contributed by atoms with Gasteiger partial charge in [-0.1, -0.05) is 38.0 Å². The number of ether oxygens (including phenoxy) is 1. The lowest BCUT2D eigenvalue weighted by Crippen LogP contribution is -2.52. The van der Waals surface area contributed by atoms with Crippen LogP contribution in [0.2, 0.25) is 0 Å². The molecule has 0 radical (unpaired) electrons. The van der Waals surface area contributed by atoms with E-state index in [9.17, 15) is 4.79 Å². The van der Waals surface area contributed by atoms with Crippen LogP contribution in [0.3, 0.4) is 0 Å². The van der Waals surface area contributed by atoms with Gasteiger partial charge in [-0.05, 0) is 68.8 Å². The second-order valence-corrected chi connectivity index (χ2v) is 9.45. The number of aryl methyl sites for hydroxylation is 1. The molecule has 1 heterocycles. The smallest absolute Gasteiger partial charge is 0.340 e. The number of aromatic nitrogens is 1. The summed E-state index contributed by atoms with van der Waals surface area (Å²) in [5.74, 6) is 2.28. The van der Waals surface area contributed by atoms with Gasteiger partial charge in [-0.25, -0.2) is 4.79 Å². The summed E-state index contributed by atoms with van der Waals surface area (Å²) in [6.45, 7) is 3.20. The Morgan fingerprint density at radius 2 is 1.74 bits per heavy atom. The third kappa shape index (κ3) is 3.09. The fourth-order valence-corrected chi connectivity index (χ4v) is 6.53. The molecule has 3 heteroatoms. The maximum Gasteiger partial charge on any atom is 0.340 e. The van der Waals surface area contributed by atoms with Gasteiger partial charge in [0.1, 0.15) is 5.60 Å². The van der Waals surface area contributed by atoms with E-state index in [1.165, 1.54) is 32.1 Å². The molecule has 0 saturated heterocycles. The predicted molar refractivity (Wildman–Crippen MR) is 108 cm³/mol. The zero-order chi connectivity index (χ0) is 18.4. The highest BCUT2D eigenvalue weighted by atomic mass is 16.6. The van der Waals surface area contributed by atoms with Crippen molar-refractivity contribution in [3.8, 4) is 0 Å². The lowest BCUT2D eigenvalue weighted by molar-refractivity contribution is -0.131. The number of rotatable bonds is 6. The molecule has 4 aliphatic rings. The topological polar surface area (TPSA) is 31.2 Å². The zero-order valence-electron chi connectivity index (χ0n) is 16.5. The number of hydrogen-bond acceptors (Lipinski definition) is 2. The highest BCUT2D eigenvalue weighted by Gasteiger charge is 2.53. The summed E-state index contributed by atoms with van der Waals surface area (Å²) in [6.07, 6.45) is 13.0. The normalized spacial score (nSPS) is 31.5. The van der Waals surface area contributed by atoms with E-state index >= 15 is 0 Å². The van der Waals surface area contributed by atoms with Gasteiger partial charge in [0.15, 0.2) is 0 Å². The molecule has 0 spiro atoms. The van der Waals surface area contributed by atoms with Crippen LogP contribution in [0.5, 0.6) is 0 Å². The van der Waals surface area contributed by atoms with E-state index in [1.54, 1.807) is 0 Å². The SMILES string of the molecule is CCCCCn1cc(C(=O)OC23CC4CC(CC(C4)C2)C3)c2ccccc21. The number of nitrogens with zero attached hydrogens (tertiary/aromatic N) is 1. The average molecular weight is 366 g/mol. The molecule has 1 aromatic carbocycles. The fourth-order valence-electron chi connectivity index (χ4n) is 6.53. The summed E-state index contributed by atoms with van der Waals surface area (Å²) in [6, 6.07) is 8.29. The van der Waals surface area contributed by atoms with Crippen molar-refractivity contribution in [1.29, 1.82) is 0 Å². The van der Waals surface area contributed by atoms with Gasteiger partial charge in [-0.3, -0.25) is 0 Å². The van der Waals surface area contributed by atoms with E-state index in [1.807, 2.05) is 12.3 Å². The molecule has 1 aromatic heterocycles. The van der Waals surface area contributed by atoms with Crippen LogP contribution in [0, 0.1) is 17.8 Å². The van der Waals surface area contributed by atoms with Crippen LogP contribution in [-0.4, -0.2) is 16.1 Å². The van der Waals surface area contributed by atoms with E-state index < -0.39 is 0 Å². The molecular formula is C24H31NO2. The number of benzene rings is 1. The molecule has 0 amide bonds. The minimum atomic E-state index is -0.169. The first-order valence-corrected chi connectivity index (χ1v) is 11.0. The number of carbonyl (C=O) groups is 1. The Morgan fingerprint density at radius 1 is 1.07 bits per heavy atom. The minimum Gasteiger partial charge on any atom is -0.455 e. The summed E-state index contributed by atoms with van der Waals surface area (Å²) in [4.78, 5) is 13.3. The lowest BCUT2D eigenvalue weighted by Gasteiger charge is -2.55. The first kappa shape index (κ1) is 17.3. The van der Waals surface area contributed by atoms with Crippen LogP contribution in [0.15, 0.2) is 30.5 Å². The quantitative estimate of drug-likeness (QED) is 0.467. The van der Waals surface area contributed by atoms with Crippen LogP contribution < -0.4 is 0 Å². The molecule has 0 unspecified atom stereocenters. The predicted octanol–water partition coefficient (Wildman–Crippen LogP) is 5.96. The van der Waals surface area contributed by atoms with Gasteiger partial charge < -0.3 is 9.30 Å². The maximum atomic E-state index is 13.3. The molecular weight excluding hydrogens is 334 g/mol. The monoisotopic (exact) mass is 365 g/mol. The number of para-hydroxylation sites is 1. The van der Waals surface area contributed by atoms with Crippen LogP contribution in [0.25, 0.3) is 10.9 Å². The van der Waals surface area contributed by atoms with Crippen molar-refractivity contribution < 1.29 is 9.53 Å². The summed E-state index contributed by atoms with van der Waals surface area (Å²) in [5.41, 5.74) is 1.75. The van der Waals surface area contributed by atoms with Crippen molar-refractivity contribution >= 4 is 16.9 Å². The second kappa shape index (κ2) is 6.68. The molecule has 0 atom stereocenters. The van der Waals surface area contributed by atoms with E-state index in [0.717, 1.165) is 66.4 Å². The van der Waals surface area contributed by atoms with Crippen molar-refractivity contribution in [1.82, 2.24) is 4.57 Å². The molecule has 0 aliphatic heterocycles. The summed E-state index contributed by atoms with van der Waals surface area (Å²) in [7, 11) is 0. The first-order valence-electron chi connectivity index (χ1n) is 11.0. The van der Waals surface area contributed by atoms with Gasteiger partial charge in [-0.15, -0.1) is 0 Å². The molecule has 4 fully saturated rings. The van der Waals surface area contributed by atoms with Crippen molar-refractivity contribution in [2.75, 3.05) is 0 Å². The van der Waals surface area contributed by atoms with Crippen molar-refractivity contribution in [3.63, 3.8) is 0 Å². The van der Waals surface area contributed by atoms with Crippen LogP contribution in [0.1, 0.15) is 75.1 Å². The van der Waals surface area contributed by atoms with E-state index in [-0.39, 0.29) is 11.6 Å². The Balaban J connectivity index is 1.41. The molecule has 4 saturated carbocycles. The van der Waals surface area contributed by atoms with E-state index in [0.29, 0.717) is 0 Å². The molecule has 144 valence electrons. The molecule has 4 aliphatic carbocycles. The van der Waals surface area contributed by atoms with Gasteiger partial charge in [0, 0.05) is 23.6 Å². The summed E-state index contributed by atoms with van der Waals surface area (Å²) >= 11 is 0. The van der Waals surface area contributed by atoms with Crippen molar-refractivity contribution in [2.45, 2.75) is 76.9 Å². The zero-order valence-corrected chi connectivity index (χ0v) is 16.5. The average Bonchev–Trinajstić information content (AvgIpc) is 3.00. The minimum absolute atomic E-state index is 0.0950. The Bertz CT molecular complexity index is 814. The van der Waals surface area contributed by atoms with Crippen LogP contribution in [0.4, 0.5) is 0 Å². The number of fused-ring (bicyclic) bond motifs is 1. The first-order chi connectivity index (χ1) is 13.2. The number of unbranched alkanes of at least 4 members (excludes halogenated alkanes) is 2. The Hall–Kier alpha value is -1.77. The fraction of sp³-hybridized carbons (Fsp3) is 0.625. The number of hydrogen-bond donors (Lipinski definition) is 0. The highest BCUT2D eigenvalue weighted by Crippen LogP contribution is 2.57. The summed E-state index contributed by atoms with van der Waals surface area (Å²) < 4.78 is 8.58. The number of esters is 1. The molecule has 0 N–H and O–H groups in total. The van der Waals surface area contributed by atoms with E-state index in [4.69, 9.17) is 4.74 Å². The Morgan fingerprint density at radius 3 is 2.41 bits per heavy atom. The molecule has 6 rings (SSSR count). The second-order valence-electron chi connectivity index (χ2n) is 9.45. The maximum absolute atomic E-state index is 13.3. The van der Waals surface area contributed by atoms with Gasteiger partial charge >= 0.3 is 5.97 Å². The highest BCUT2D eigenvalue weighted by molar-refractivity contribution is 6.04. The lowest BCUT2D eigenvalue weighted by atomic mass is 9.54. The van der Waals surface area contributed by atoms with Gasteiger partial charge in [0.2, 0.25) is 0 Å². The Kier molecular flexibility index (Phi) is 4.29. The van der Waals surface area contributed by atoms with Gasteiger partial charge in [0.25, 0.3) is 0 Å². The van der Waals surface area contributed by atoms with Crippen LogP contribution >= 0.6 is 0 Å². The molecule has 27 heavy (non-hydrogen) atoms. The van der Waals surface area contributed by atoms with Gasteiger partial charge in [0.05, 0.1) is 5.56 Å². The standard InChI is InChI=1S/C24H31NO2/c1-2-3-6-9-25-16-21(20-7-4-5-8-22(20)25)23(26)27-24-13-17-10-18(14-24)12-19(11-17)15-24/h4-5,7-8,16-19H,2-3,6,9-15H2,1H3. The largest absolute Gasteiger partial charge is 0.455 e. The third-order valence-corrected chi connectivity index (χ3v) is 7.30. The number of carbonyl (C=O) groups excluding carboxylic acids is 1. The van der Waals surface area contributed by atoms with Gasteiger partial charge in [-0.2, -0.15) is 0 Å². The van der Waals surface area contributed by atoms with Crippen molar-refractivity contribution in [2.24, 2.45) is 17.8 Å². The van der Waals surface area contributed by atoms with Crippen molar-refractivity contribution in [3.05, 3.63) is 36.0 Å².